The molecule has 1 fully saturated rings. The summed E-state index contributed by atoms with van der Waals surface area (Å²) in [4.78, 5) is 10.9. The Kier molecular flexibility index (Phi) is 4.12. The van der Waals surface area contributed by atoms with Gasteiger partial charge in [-0.15, -0.1) is 0 Å². The highest BCUT2D eigenvalue weighted by atomic mass is 32.2. The van der Waals surface area contributed by atoms with Crippen LogP contribution in [0.5, 0.6) is 0 Å². The highest BCUT2D eigenvalue weighted by Crippen LogP contribution is 2.28. The maximum Gasteiger partial charge on any atom is 0.274 e. The summed E-state index contributed by atoms with van der Waals surface area (Å²) in [5, 5.41) is 10.6. The number of rotatable bonds is 4. The number of hydrogen-bond donors (Lipinski definition) is 2. The van der Waals surface area contributed by atoms with Gasteiger partial charge >= 0.3 is 0 Å². The summed E-state index contributed by atoms with van der Waals surface area (Å²) in [5.74, 6) is -1.24. The van der Waals surface area contributed by atoms with Gasteiger partial charge in [0.25, 0.3) is 5.69 Å². The number of nitrogen functional groups attached to an aromatic ring is 1. The largest absolute Gasteiger partial charge is 0.397 e. The van der Waals surface area contributed by atoms with Gasteiger partial charge in [-0.3, -0.25) is 10.1 Å². The van der Waals surface area contributed by atoms with E-state index < -0.39 is 37.0 Å². The fourth-order valence-electron chi connectivity index (χ4n) is 2.30. The molecular weight excluding hydrogens is 303 g/mol. The molecule has 1 aromatic rings. The summed E-state index contributed by atoms with van der Waals surface area (Å²) in [6.07, 6.45) is 0.601. The maximum absolute atomic E-state index is 13.9. The van der Waals surface area contributed by atoms with E-state index in [0.29, 0.717) is 19.0 Å². The number of halogens is 1. The number of likely N-dealkylation sites (tertiary alicyclic amines) is 1. The van der Waals surface area contributed by atoms with Gasteiger partial charge in [-0.25, -0.2) is 17.5 Å². The summed E-state index contributed by atoms with van der Waals surface area (Å²) in [6, 6.07) is 1.04. The molecule has 0 bridgehead atoms. The number of likely N-dealkylation sites (N-methyl/N-ethyl adjacent to an activating group) is 1. The highest BCUT2D eigenvalue weighted by Gasteiger charge is 2.30. The fourth-order valence-corrected chi connectivity index (χ4v) is 3.73. The van der Waals surface area contributed by atoms with Crippen LogP contribution in [0.3, 0.4) is 0 Å². The molecule has 0 radical (unpaired) electrons. The number of nitrogens with two attached hydrogens (primary N) is 1. The van der Waals surface area contributed by atoms with Gasteiger partial charge in [0.05, 0.1) is 16.7 Å². The number of nitro benzene ring substituents is 1. The fraction of sp³-hybridized carbons (Fsp3) is 0.455. The number of anilines is 1. The van der Waals surface area contributed by atoms with Crippen molar-refractivity contribution in [3.05, 3.63) is 28.1 Å². The first-order valence-corrected chi connectivity index (χ1v) is 7.63. The monoisotopic (exact) mass is 318 g/mol. The lowest BCUT2D eigenvalue weighted by atomic mass is 10.3. The Morgan fingerprint density at radius 1 is 1.52 bits per heavy atom. The third-order valence-corrected chi connectivity index (χ3v) is 4.86. The average Bonchev–Trinajstić information content (AvgIpc) is 2.72. The first-order chi connectivity index (χ1) is 9.70. The minimum Gasteiger partial charge on any atom is -0.397 e. The molecule has 2 rings (SSSR count). The predicted molar refractivity (Wildman–Crippen MR) is 73.7 cm³/mol. The van der Waals surface area contributed by atoms with Crippen LogP contribution < -0.4 is 10.5 Å². The van der Waals surface area contributed by atoms with Crippen LogP contribution in [0.2, 0.25) is 0 Å². The second-order valence-electron chi connectivity index (χ2n) is 4.97. The number of non-ortho nitro benzene ring substituents is 1. The number of hydrogen-bond acceptors (Lipinski definition) is 6. The summed E-state index contributed by atoms with van der Waals surface area (Å²) in [7, 11) is -2.33. The average molecular weight is 318 g/mol. The molecule has 1 saturated heterocycles. The molecular formula is C11H15FN4O4S. The lowest BCUT2D eigenvalue weighted by Crippen LogP contribution is -2.37. The summed E-state index contributed by atoms with van der Waals surface area (Å²) in [6.45, 7) is 1.24. The molecule has 21 heavy (non-hydrogen) atoms. The zero-order chi connectivity index (χ0) is 15.8. The normalized spacial score (nSPS) is 19.8. The van der Waals surface area contributed by atoms with Crippen molar-refractivity contribution in [3.8, 4) is 0 Å². The van der Waals surface area contributed by atoms with Crippen molar-refractivity contribution in [2.45, 2.75) is 17.4 Å². The van der Waals surface area contributed by atoms with Crippen LogP contribution in [-0.4, -0.2) is 44.4 Å². The minimum atomic E-state index is -4.17. The van der Waals surface area contributed by atoms with Gasteiger partial charge in [-0.05, 0) is 20.0 Å². The van der Waals surface area contributed by atoms with Gasteiger partial charge in [-0.2, -0.15) is 0 Å². The van der Waals surface area contributed by atoms with Gasteiger partial charge in [0.2, 0.25) is 10.0 Å². The van der Waals surface area contributed by atoms with Crippen LogP contribution in [0.1, 0.15) is 6.42 Å². The van der Waals surface area contributed by atoms with E-state index in [1.54, 1.807) is 0 Å². The van der Waals surface area contributed by atoms with Crippen LogP contribution in [0.25, 0.3) is 0 Å². The van der Waals surface area contributed by atoms with E-state index in [1.165, 1.54) is 0 Å². The van der Waals surface area contributed by atoms with E-state index in [1.807, 2.05) is 11.9 Å². The Bertz CT molecular complexity index is 656. The maximum atomic E-state index is 13.9. The van der Waals surface area contributed by atoms with Crippen LogP contribution in [0.15, 0.2) is 17.0 Å². The molecule has 1 unspecified atom stereocenters. The second-order valence-corrected chi connectivity index (χ2v) is 6.62. The molecule has 0 spiro atoms. The van der Waals surface area contributed by atoms with Crippen LogP contribution in [0, 0.1) is 15.9 Å². The first kappa shape index (κ1) is 15.6. The van der Waals surface area contributed by atoms with Crippen molar-refractivity contribution in [1.29, 1.82) is 0 Å². The van der Waals surface area contributed by atoms with Crippen molar-refractivity contribution in [2.75, 3.05) is 25.9 Å². The SMILES string of the molecule is CN1CCC(NS(=O)(=O)c2c(N)cc([N+](=O)[O-])cc2F)C1. The zero-order valence-electron chi connectivity index (χ0n) is 11.2. The first-order valence-electron chi connectivity index (χ1n) is 6.15. The van der Waals surface area contributed by atoms with Crippen LogP contribution >= 0.6 is 0 Å². The van der Waals surface area contributed by atoms with Crippen LogP contribution in [-0.2, 0) is 10.0 Å². The highest BCUT2D eigenvalue weighted by molar-refractivity contribution is 7.89. The number of nitrogens with zero attached hydrogens (tertiary/aromatic N) is 2. The van der Waals surface area contributed by atoms with E-state index in [4.69, 9.17) is 5.73 Å². The van der Waals surface area contributed by atoms with Crippen molar-refractivity contribution in [1.82, 2.24) is 9.62 Å². The minimum absolute atomic E-state index is 0.339. The molecule has 1 aliphatic heterocycles. The predicted octanol–water partition coefficient (Wildman–Crippen LogP) is 0.299. The van der Waals surface area contributed by atoms with E-state index >= 15 is 0 Å². The Balaban J connectivity index is 2.34. The molecule has 0 aliphatic carbocycles. The lowest BCUT2D eigenvalue weighted by Gasteiger charge is -2.15. The third kappa shape index (κ3) is 3.28. The van der Waals surface area contributed by atoms with E-state index in [2.05, 4.69) is 4.72 Å². The molecule has 8 nitrogen and oxygen atoms in total. The smallest absolute Gasteiger partial charge is 0.274 e. The van der Waals surface area contributed by atoms with Crippen molar-refractivity contribution < 1.29 is 17.7 Å². The number of nitrogens with one attached hydrogen (secondary N) is 1. The van der Waals surface area contributed by atoms with Crippen molar-refractivity contribution >= 4 is 21.4 Å². The Morgan fingerprint density at radius 3 is 2.67 bits per heavy atom. The molecule has 0 aromatic heterocycles. The Labute approximate surface area is 120 Å². The summed E-state index contributed by atoms with van der Waals surface area (Å²) < 4.78 is 40.7. The van der Waals surface area contributed by atoms with Gasteiger partial charge in [-0.1, -0.05) is 0 Å². The van der Waals surface area contributed by atoms with E-state index in [0.717, 1.165) is 12.6 Å². The quantitative estimate of drug-likeness (QED) is 0.468. The molecule has 0 saturated carbocycles. The topological polar surface area (TPSA) is 119 Å². The number of benzene rings is 1. The summed E-state index contributed by atoms with van der Waals surface area (Å²) >= 11 is 0. The van der Waals surface area contributed by atoms with E-state index in [9.17, 15) is 22.9 Å². The standard InChI is InChI=1S/C11H15FN4O4S/c1-15-3-2-7(6-15)14-21(19,20)11-9(12)4-8(16(17)18)5-10(11)13/h4-5,7,14H,2-3,6,13H2,1H3. The lowest BCUT2D eigenvalue weighted by molar-refractivity contribution is -0.385. The van der Waals surface area contributed by atoms with Gasteiger partial charge in [0, 0.05) is 18.7 Å². The number of nitro groups is 1. The second kappa shape index (κ2) is 5.54. The molecule has 1 aliphatic rings. The molecule has 0 amide bonds. The third-order valence-electron chi connectivity index (χ3n) is 3.25. The zero-order valence-corrected chi connectivity index (χ0v) is 12.1. The Morgan fingerprint density at radius 2 is 2.19 bits per heavy atom. The Hall–Kier alpha value is -1.78. The molecule has 1 atom stereocenters. The van der Waals surface area contributed by atoms with Gasteiger partial charge < -0.3 is 10.6 Å². The van der Waals surface area contributed by atoms with Crippen molar-refractivity contribution in [2.24, 2.45) is 0 Å². The summed E-state index contributed by atoms with van der Waals surface area (Å²) in [5.41, 5.74) is 4.40. The molecule has 10 heteroatoms. The number of sulfonamides is 1. The van der Waals surface area contributed by atoms with E-state index in [-0.39, 0.29) is 6.04 Å². The molecule has 3 N–H and O–H groups in total. The van der Waals surface area contributed by atoms with Crippen molar-refractivity contribution in [3.63, 3.8) is 0 Å². The van der Waals surface area contributed by atoms with Gasteiger partial charge in [0.15, 0.2) is 5.82 Å². The molecule has 1 aromatic carbocycles. The van der Waals surface area contributed by atoms with Gasteiger partial charge in [0.1, 0.15) is 4.90 Å². The molecule has 1 heterocycles. The van der Waals surface area contributed by atoms with Crippen LogP contribution in [0.4, 0.5) is 15.8 Å². The molecule has 116 valence electrons.